The van der Waals surface area contributed by atoms with Crippen LogP contribution >= 0.6 is 0 Å². The van der Waals surface area contributed by atoms with E-state index in [-0.39, 0.29) is 23.9 Å². The largest absolute Gasteiger partial charge is 0.394 e. The number of ether oxygens (including phenoxy) is 3. The summed E-state index contributed by atoms with van der Waals surface area (Å²) in [5, 5.41) is 14.8. The van der Waals surface area contributed by atoms with Crippen LogP contribution in [0, 0.1) is 0 Å². The number of benzene rings is 2. The lowest BCUT2D eigenvalue weighted by atomic mass is 10.1. The Hall–Kier alpha value is -3.60. The van der Waals surface area contributed by atoms with Gasteiger partial charge >= 0.3 is 0 Å². The van der Waals surface area contributed by atoms with E-state index < -0.39 is 40.4 Å². The van der Waals surface area contributed by atoms with Gasteiger partial charge in [0.25, 0.3) is 0 Å². The van der Waals surface area contributed by atoms with Crippen molar-refractivity contribution in [3.63, 3.8) is 0 Å². The first-order valence-corrected chi connectivity index (χ1v) is 16.0. The van der Waals surface area contributed by atoms with Crippen molar-refractivity contribution in [1.82, 2.24) is 24.2 Å². The number of nitrogens with zero attached hydrogens (tertiary/aromatic N) is 5. The van der Waals surface area contributed by atoms with Gasteiger partial charge < -0.3 is 35.3 Å². The first-order chi connectivity index (χ1) is 21.0. The molecule has 0 aliphatic carbocycles. The van der Waals surface area contributed by atoms with Gasteiger partial charge in [-0.2, -0.15) is 0 Å². The van der Waals surface area contributed by atoms with E-state index in [2.05, 4.69) is 25.0 Å². The van der Waals surface area contributed by atoms with Crippen LogP contribution in [0.3, 0.4) is 0 Å². The number of rotatable bonds is 11. The molecule has 0 bridgehead atoms. The van der Waals surface area contributed by atoms with Crippen molar-refractivity contribution in [2.24, 2.45) is 0 Å². The van der Waals surface area contributed by atoms with Gasteiger partial charge in [-0.05, 0) is 38.8 Å². The standard InChI is InChI=1S/C29H38N8O6S/c1-29(2)42-23-20(15-38)41-27(24(23)43-29)37-26-22(25(30)32-16-33-26)35-28(37)31-13-5-6-14-34-44(39,40)21-12-8-9-17-18(21)10-7-11-19(17)36(3)4/h7-12,16,20,23-24,27,34,38H,5-6,13-15H2,1-4H3,(H,31,35)(H2,30,32,33)/t20-,23-,24-,27-/m1/s1. The van der Waals surface area contributed by atoms with Crippen molar-refractivity contribution in [3.05, 3.63) is 42.7 Å². The van der Waals surface area contributed by atoms with Crippen LogP contribution < -0.4 is 20.7 Å². The van der Waals surface area contributed by atoms with E-state index in [4.69, 9.17) is 19.9 Å². The zero-order valence-electron chi connectivity index (χ0n) is 25.1. The molecular weight excluding hydrogens is 588 g/mol. The Labute approximate surface area is 255 Å². The number of nitrogens with one attached hydrogen (secondary N) is 2. The summed E-state index contributed by atoms with van der Waals surface area (Å²) < 4.78 is 49.4. The summed E-state index contributed by atoms with van der Waals surface area (Å²) in [6.45, 7) is 4.13. The van der Waals surface area contributed by atoms with E-state index in [1.54, 1.807) is 16.7 Å². The van der Waals surface area contributed by atoms with Crippen LogP contribution in [0.2, 0.25) is 0 Å². The highest BCUT2D eigenvalue weighted by Gasteiger charge is 2.56. The molecule has 0 unspecified atom stereocenters. The maximum absolute atomic E-state index is 13.3. The smallest absolute Gasteiger partial charge is 0.241 e. The molecule has 0 amide bonds. The van der Waals surface area contributed by atoms with E-state index in [1.165, 1.54) is 6.33 Å². The van der Waals surface area contributed by atoms with Gasteiger partial charge in [0, 0.05) is 43.6 Å². The number of hydrogen-bond acceptors (Lipinski definition) is 12. The minimum atomic E-state index is -3.73. The van der Waals surface area contributed by atoms with E-state index >= 15 is 0 Å². The second-order valence-corrected chi connectivity index (χ2v) is 13.3. The van der Waals surface area contributed by atoms with Gasteiger partial charge in [-0.3, -0.25) is 4.57 Å². The Morgan fingerprint density at radius 3 is 2.55 bits per heavy atom. The molecule has 14 nitrogen and oxygen atoms in total. The first kappa shape index (κ1) is 30.4. The number of aliphatic hydroxyl groups excluding tert-OH is 1. The molecule has 0 radical (unpaired) electrons. The van der Waals surface area contributed by atoms with E-state index in [9.17, 15) is 13.5 Å². The average Bonchev–Trinajstić information content (AvgIpc) is 3.62. The number of hydrogen-bond donors (Lipinski definition) is 4. The summed E-state index contributed by atoms with van der Waals surface area (Å²) in [7, 11) is 0.131. The van der Waals surface area contributed by atoms with Crippen LogP contribution in [-0.2, 0) is 24.2 Å². The fourth-order valence-electron chi connectivity index (χ4n) is 5.93. The van der Waals surface area contributed by atoms with Gasteiger partial charge in [0.15, 0.2) is 29.0 Å². The fraction of sp³-hybridized carbons (Fsp3) is 0.483. The number of aliphatic hydroxyl groups is 1. The minimum Gasteiger partial charge on any atom is -0.394 e. The van der Waals surface area contributed by atoms with Crippen molar-refractivity contribution in [1.29, 1.82) is 0 Å². The molecule has 2 fully saturated rings. The number of imidazole rings is 1. The molecular formula is C29H38N8O6S. The van der Waals surface area contributed by atoms with Crippen molar-refractivity contribution in [2.75, 3.05) is 49.7 Å². The molecule has 4 heterocycles. The van der Waals surface area contributed by atoms with E-state index in [1.807, 2.05) is 57.1 Å². The summed E-state index contributed by atoms with van der Waals surface area (Å²) in [6, 6.07) is 11.0. The van der Waals surface area contributed by atoms with Gasteiger partial charge in [0.1, 0.15) is 24.6 Å². The Kier molecular flexibility index (Phi) is 8.11. The number of sulfonamides is 1. The van der Waals surface area contributed by atoms with Gasteiger partial charge in [0.05, 0.1) is 11.5 Å². The predicted octanol–water partition coefficient (Wildman–Crippen LogP) is 2.21. The van der Waals surface area contributed by atoms with Gasteiger partial charge in [-0.25, -0.2) is 28.1 Å². The maximum atomic E-state index is 13.3. The highest BCUT2D eigenvalue weighted by molar-refractivity contribution is 7.89. The predicted molar refractivity (Wildman–Crippen MR) is 166 cm³/mol. The van der Waals surface area contributed by atoms with Gasteiger partial charge in [-0.15, -0.1) is 0 Å². The molecule has 236 valence electrons. The highest BCUT2D eigenvalue weighted by atomic mass is 32.2. The zero-order valence-corrected chi connectivity index (χ0v) is 25.9. The number of anilines is 3. The molecule has 15 heteroatoms. The average molecular weight is 627 g/mol. The Balaban J connectivity index is 1.14. The van der Waals surface area contributed by atoms with Crippen LogP contribution in [0.4, 0.5) is 17.5 Å². The topological polar surface area (TPSA) is 179 Å². The zero-order chi connectivity index (χ0) is 31.2. The summed E-state index contributed by atoms with van der Waals surface area (Å²) in [4.78, 5) is 15.3. The minimum absolute atomic E-state index is 0.217. The Bertz CT molecular complexity index is 1780. The Morgan fingerprint density at radius 1 is 1.05 bits per heavy atom. The number of nitrogen functional groups attached to an aromatic ring is 1. The van der Waals surface area contributed by atoms with Crippen molar-refractivity contribution < 1.29 is 27.7 Å². The SMILES string of the molecule is CN(C)c1cccc2c(S(=O)(=O)NCCCCNc3nc4c(N)ncnc4n3[C@@H]3O[C@H](CO)[C@H]4OC(C)(C)O[C@H]43)cccc12. The van der Waals surface area contributed by atoms with Crippen LogP contribution in [0.15, 0.2) is 47.6 Å². The lowest BCUT2D eigenvalue weighted by Crippen LogP contribution is -2.31. The van der Waals surface area contributed by atoms with Crippen molar-refractivity contribution in [2.45, 2.75) is 61.9 Å². The molecule has 2 aromatic carbocycles. The summed E-state index contributed by atoms with van der Waals surface area (Å²) >= 11 is 0. The molecule has 0 saturated carbocycles. The third kappa shape index (κ3) is 5.55. The molecule has 2 aromatic heterocycles. The molecule has 5 N–H and O–H groups in total. The van der Waals surface area contributed by atoms with Crippen LogP contribution in [-0.4, -0.2) is 90.9 Å². The number of nitrogens with two attached hydrogens (primary N) is 1. The van der Waals surface area contributed by atoms with Gasteiger partial charge in [0.2, 0.25) is 16.0 Å². The summed E-state index contributed by atoms with van der Waals surface area (Å²) in [5.74, 6) is -0.193. The monoisotopic (exact) mass is 626 g/mol. The summed E-state index contributed by atoms with van der Waals surface area (Å²) in [6.07, 6.45) is 0.278. The second kappa shape index (κ2) is 11.7. The molecule has 0 spiro atoms. The summed E-state index contributed by atoms with van der Waals surface area (Å²) in [5.41, 5.74) is 7.93. The molecule has 6 rings (SSSR count). The normalized spacial score (nSPS) is 22.9. The van der Waals surface area contributed by atoms with E-state index in [0.717, 1.165) is 11.1 Å². The van der Waals surface area contributed by atoms with Crippen LogP contribution in [0.5, 0.6) is 0 Å². The third-order valence-corrected chi connectivity index (χ3v) is 9.39. The number of unbranched alkanes of at least 4 members (excludes halogenated alkanes) is 1. The van der Waals surface area contributed by atoms with Crippen LogP contribution in [0.25, 0.3) is 21.9 Å². The lowest BCUT2D eigenvalue weighted by molar-refractivity contribution is -0.199. The second-order valence-electron chi connectivity index (χ2n) is 11.6. The molecule has 4 aromatic rings. The molecule has 2 aliphatic heterocycles. The quantitative estimate of drug-likeness (QED) is 0.179. The third-order valence-electron chi connectivity index (χ3n) is 7.87. The molecule has 44 heavy (non-hydrogen) atoms. The molecule has 2 aliphatic rings. The van der Waals surface area contributed by atoms with Gasteiger partial charge in [-0.1, -0.05) is 24.3 Å². The Morgan fingerprint density at radius 2 is 1.77 bits per heavy atom. The molecule has 2 saturated heterocycles. The van der Waals surface area contributed by atoms with Crippen LogP contribution in [0.1, 0.15) is 32.9 Å². The first-order valence-electron chi connectivity index (χ1n) is 14.5. The number of fused-ring (bicyclic) bond motifs is 3. The number of aromatic nitrogens is 4. The van der Waals surface area contributed by atoms with Crippen molar-refractivity contribution in [3.8, 4) is 0 Å². The molecule has 4 atom stereocenters. The van der Waals surface area contributed by atoms with Crippen molar-refractivity contribution >= 4 is 49.4 Å². The maximum Gasteiger partial charge on any atom is 0.241 e. The van der Waals surface area contributed by atoms with E-state index in [0.29, 0.717) is 41.9 Å². The highest BCUT2D eigenvalue weighted by Crippen LogP contribution is 2.45. The lowest BCUT2D eigenvalue weighted by Gasteiger charge is -2.25. The fourth-order valence-corrected chi connectivity index (χ4v) is 7.22.